The molecule has 1 unspecified atom stereocenters. The molecule has 1 saturated carbocycles. The van der Waals surface area contributed by atoms with E-state index in [1.54, 1.807) is 45.9 Å². The van der Waals surface area contributed by atoms with Crippen LogP contribution in [0.2, 0.25) is 0 Å². The Hall–Kier alpha value is -4.50. The number of aryl methyl sites for hydroxylation is 2. The fraction of sp³-hybridized carbons (Fsp3) is 0.343. The summed E-state index contributed by atoms with van der Waals surface area (Å²) in [5, 5.41) is 13.7. The molecule has 2 amide bonds. The van der Waals surface area contributed by atoms with E-state index in [1.165, 1.54) is 23.6 Å². The number of anilines is 1. The van der Waals surface area contributed by atoms with Crippen molar-refractivity contribution >= 4 is 17.7 Å². The van der Waals surface area contributed by atoms with Crippen LogP contribution in [0.1, 0.15) is 78.1 Å². The molecule has 4 aromatic rings. The highest BCUT2D eigenvalue weighted by atomic mass is 19.1. The molecule has 8 nitrogen and oxygen atoms in total. The largest absolute Gasteiger partial charge is 0.444 e. The van der Waals surface area contributed by atoms with Crippen molar-refractivity contribution in [2.45, 2.75) is 65.6 Å². The highest BCUT2D eigenvalue weighted by Crippen LogP contribution is 2.31. The van der Waals surface area contributed by atoms with Gasteiger partial charge in [0, 0.05) is 6.54 Å². The molecule has 1 fully saturated rings. The van der Waals surface area contributed by atoms with E-state index in [9.17, 15) is 9.59 Å². The van der Waals surface area contributed by atoms with E-state index in [0.29, 0.717) is 17.3 Å². The molecule has 3 N–H and O–H groups in total. The molecule has 1 aliphatic carbocycles. The molecule has 0 aliphatic heterocycles. The smallest absolute Gasteiger partial charge is 0.407 e. The molecule has 1 atom stereocenters. The van der Waals surface area contributed by atoms with Gasteiger partial charge in [0.05, 0.1) is 23.1 Å². The van der Waals surface area contributed by atoms with Gasteiger partial charge in [0.2, 0.25) is 0 Å². The maximum Gasteiger partial charge on any atom is 0.407 e. The zero-order valence-electron chi connectivity index (χ0n) is 25.9. The fourth-order valence-corrected chi connectivity index (χ4v) is 5.03. The quantitative estimate of drug-likeness (QED) is 0.183. The number of amides is 2. The molecule has 0 bridgehead atoms. The summed E-state index contributed by atoms with van der Waals surface area (Å²) in [5.41, 5.74) is 4.90. The number of hydrogen-bond donors (Lipinski definition) is 3. The van der Waals surface area contributed by atoms with Gasteiger partial charge in [0.25, 0.3) is 5.91 Å². The summed E-state index contributed by atoms with van der Waals surface area (Å²) in [6, 6.07) is 22.0. The fourth-order valence-electron chi connectivity index (χ4n) is 5.03. The molecule has 9 heteroatoms. The number of nitrogens with zero attached hydrogens (tertiary/aromatic N) is 2. The molecule has 0 radical (unpaired) electrons. The van der Waals surface area contributed by atoms with Gasteiger partial charge in [-0.05, 0) is 107 Å². The van der Waals surface area contributed by atoms with E-state index < -0.39 is 23.4 Å². The van der Waals surface area contributed by atoms with Crippen molar-refractivity contribution in [3.8, 4) is 5.69 Å². The van der Waals surface area contributed by atoms with Gasteiger partial charge in [-0.25, -0.2) is 13.9 Å². The monoisotopic (exact) mass is 597 g/mol. The summed E-state index contributed by atoms with van der Waals surface area (Å²) in [5.74, 6) is -0.348. The summed E-state index contributed by atoms with van der Waals surface area (Å²) in [6.45, 7) is 10.4. The predicted octanol–water partition coefficient (Wildman–Crippen LogP) is 6.99. The second kappa shape index (κ2) is 13.0. The summed E-state index contributed by atoms with van der Waals surface area (Å²) in [7, 11) is 0. The van der Waals surface area contributed by atoms with Crippen molar-refractivity contribution in [1.82, 2.24) is 20.4 Å². The highest BCUT2D eigenvalue weighted by molar-refractivity contribution is 6.03. The van der Waals surface area contributed by atoms with Gasteiger partial charge in [0.1, 0.15) is 17.1 Å². The molecule has 230 valence electrons. The number of rotatable bonds is 10. The minimum Gasteiger partial charge on any atom is -0.444 e. The second-order valence-electron chi connectivity index (χ2n) is 12.5. The Bertz CT molecular complexity index is 1650. The normalized spacial score (nSPS) is 13.8. The van der Waals surface area contributed by atoms with Gasteiger partial charge in [-0.1, -0.05) is 48.0 Å². The zero-order chi connectivity index (χ0) is 31.4. The first-order chi connectivity index (χ1) is 20.9. The van der Waals surface area contributed by atoms with Gasteiger partial charge < -0.3 is 20.7 Å². The lowest BCUT2D eigenvalue weighted by Crippen LogP contribution is -2.32. The van der Waals surface area contributed by atoms with E-state index in [4.69, 9.17) is 4.74 Å². The molecule has 3 aromatic carbocycles. The SMILES string of the molecule is Cc1cccc(C(NCC2CC2)c2ccc(F)c(NC(=O)c3cc(C)nn3-c3cccc(CNC(=O)OC(C)(C)C)c3)c2)c1. The van der Waals surface area contributed by atoms with Crippen LogP contribution in [-0.4, -0.2) is 33.9 Å². The third-order valence-corrected chi connectivity index (χ3v) is 7.31. The van der Waals surface area contributed by atoms with Crippen molar-refractivity contribution in [3.63, 3.8) is 0 Å². The van der Waals surface area contributed by atoms with Crippen LogP contribution >= 0.6 is 0 Å². The molecule has 1 aromatic heterocycles. The first-order valence-corrected chi connectivity index (χ1v) is 15.0. The van der Waals surface area contributed by atoms with Gasteiger partial charge in [0.15, 0.2) is 0 Å². The molecule has 0 spiro atoms. The molecular weight excluding hydrogens is 557 g/mol. The number of ether oxygens (including phenoxy) is 1. The summed E-state index contributed by atoms with van der Waals surface area (Å²) in [6.07, 6.45) is 1.91. The van der Waals surface area contributed by atoms with Crippen LogP contribution in [0.3, 0.4) is 0 Å². The Morgan fingerprint density at radius 1 is 1.00 bits per heavy atom. The van der Waals surface area contributed by atoms with Crippen molar-refractivity contribution in [2.24, 2.45) is 5.92 Å². The highest BCUT2D eigenvalue weighted by Gasteiger charge is 2.25. The van der Waals surface area contributed by atoms with Crippen molar-refractivity contribution in [2.75, 3.05) is 11.9 Å². The Labute approximate surface area is 258 Å². The van der Waals surface area contributed by atoms with Crippen LogP contribution in [0.5, 0.6) is 0 Å². The van der Waals surface area contributed by atoms with Crippen molar-refractivity contribution in [3.05, 3.63) is 112 Å². The Kier molecular flexibility index (Phi) is 9.15. The third-order valence-electron chi connectivity index (χ3n) is 7.31. The number of carbonyl (C=O) groups excluding carboxylic acids is 2. The lowest BCUT2D eigenvalue weighted by Gasteiger charge is -2.21. The summed E-state index contributed by atoms with van der Waals surface area (Å²) in [4.78, 5) is 25.7. The molecular formula is C35H40FN5O3. The van der Waals surface area contributed by atoms with Gasteiger partial charge >= 0.3 is 6.09 Å². The number of carbonyl (C=O) groups is 2. The molecule has 5 rings (SSSR count). The maximum atomic E-state index is 15.1. The van der Waals surface area contributed by atoms with Gasteiger partial charge in [-0.2, -0.15) is 5.10 Å². The predicted molar refractivity (Wildman–Crippen MR) is 169 cm³/mol. The van der Waals surface area contributed by atoms with E-state index in [0.717, 1.165) is 28.8 Å². The number of halogens is 1. The van der Waals surface area contributed by atoms with Crippen LogP contribution in [0.25, 0.3) is 5.69 Å². The van der Waals surface area contributed by atoms with E-state index in [-0.39, 0.29) is 24.0 Å². The number of hydrogen-bond acceptors (Lipinski definition) is 5. The van der Waals surface area contributed by atoms with Gasteiger partial charge in [-0.3, -0.25) is 4.79 Å². The number of benzene rings is 3. The minimum absolute atomic E-state index is 0.0964. The average Bonchev–Trinajstić information content (AvgIpc) is 3.71. The Morgan fingerprint density at radius 3 is 2.48 bits per heavy atom. The van der Waals surface area contributed by atoms with Crippen LogP contribution < -0.4 is 16.0 Å². The first-order valence-electron chi connectivity index (χ1n) is 15.0. The topological polar surface area (TPSA) is 97.3 Å². The van der Waals surface area contributed by atoms with E-state index in [2.05, 4.69) is 46.2 Å². The van der Waals surface area contributed by atoms with E-state index >= 15 is 4.39 Å². The maximum absolute atomic E-state index is 15.1. The second-order valence-corrected chi connectivity index (χ2v) is 12.5. The average molecular weight is 598 g/mol. The molecule has 44 heavy (non-hydrogen) atoms. The zero-order valence-corrected chi connectivity index (χ0v) is 25.9. The standard InChI is InChI=1S/C35H40FN5O3/c1-22-8-6-10-26(16-22)32(37-20-24-12-13-24)27-14-15-29(36)30(19-27)39-33(42)31-17-23(2)40-41(31)28-11-7-9-25(18-28)21-38-34(43)44-35(3,4)5/h6-11,14-19,24,32,37H,12-13,20-21H2,1-5H3,(H,38,43)(H,39,42). The summed E-state index contributed by atoms with van der Waals surface area (Å²) >= 11 is 0. The minimum atomic E-state index is -0.603. The number of alkyl carbamates (subject to hydrolysis) is 1. The Morgan fingerprint density at radius 2 is 1.75 bits per heavy atom. The van der Waals surface area contributed by atoms with Crippen LogP contribution in [0.4, 0.5) is 14.9 Å². The molecule has 1 heterocycles. The van der Waals surface area contributed by atoms with Crippen molar-refractivity contribution in [1.29, 1.82) is 0 Å². The first kappa shape index (κ1) is 30.9. The lowest BCUT2D eigenvalue weighted by atomic mass is 9.96. The van der Waals surface area contributed by atoms with Crippen LogP contribution in [-0.2, 0) is 11.3 Å². The molecule has 1 aliphatic rings. The van der Waals surface area contributed by atoms with Gasteiger partial charge in [-0.15, -0.1) is 0 Å². The number of aromatic nitrogens is 2. The summed E-state index contributed by atoms with van der Waals surface area (Å²) < 4.78 is 22.0. The van der Waals surface area contributed by atoms with Crippen LogP contribution in [0.15, 0.2) is 72.8 Å². The third kappa shape index (κ3) is 8.11. The van der Waals surface area contributed by atoms with Crippen LogP contribution in [0, 0.1) is 25.6 Å². The number of nitrogens with one attached hydrogen (secondary N) is 3. The lowest BCUT2D eigenvalue weighted by molar-refractivity contribution is 0.0523. The van der Waals surface area contributed by atoms with E-state index in [1.807, 2.05) is 30.3 Å². The Balaban J connectivity index is 1.36. The van der Waals surface area contributed by atoms with Crippen molar-refractivity contribution < 1.29 is 18.7 Å². The molecule has 0 saturated heterocycles.